The van der Waals surface area contributed by atoms with E-state index in [2.05, 4.69) is 10.7 Å². The molecule has 5 amide bonds. The molecule has 0 aromatic heterocycles. The van der Waals surface area contributed by atoms with Gasteiger partial charge in [-0.1, -0.05) is 44.2 Å². The molecular weight excluding hydrogens is 426 g/mol. The average molecular weight is 460 g/mol. The summed E-state index contributed by atoms with van der Waals surface area (Å²) in [5.41, 5.74) is 2.42. The van der Waals surface area contributed by atoms with E-state index in [0.29, 0.717) is 45.6 Å². The number of hydrogen-bond donors (Lipinski definition) is 2. The fourth-order valence-corrected chi connectivity index (χ4v) is 3.78. The van der Waals surface area contributed by atoms with Crippen LogP contribution in [-0.2, 0) is 20.7 Å². The number of urea groups is 1. The van der Waals surface area contributed by atoms with Crippen LogP contribution < -0.4 is 10.7 Å². The molecule has 3 rings (SSSR count). The molecule has 0 bridgehead atoms. The maximum Gasteiger partial charge on any atom is 0.409 e. The van der Waals surface area contributed by atoms with Crippen LogP contribution in [0.5, 0.6) is 0 Å². The number of piperazine rings is 1. The monoisotopic (exact) mass is 459 g/mol. The zero-order valence-corrected chi connectivity index (χ0v) is 19.5. The Morgan fingerprint density at radius 2 is 1.79 bits per heavy atom. The van der Waals surface area contributed by atoms with Gasteiger partial charge in [0.05, 0.1) is 13.2 Å². The lowest BCUT2D eigenvalue weighted by molar-refractivity contribution is -0.139. The van der Waals surface area contributed by atoms with Gasteiger partial charge in [-0.3, -0.25) is 19.9 Å². The number of hydrogen-bond acceptors (Lipinski definition) is 6. The summed E-state index contributed by atoms with van der Waals surface area (Å²) in [4.78, 5) is 53.3. The summed E-state index contributed by atoms with van der Waals surface area (Å²) in [6.45, 7) is 7.90. The van der Waals surface area contributed by atoms with Gasteiger partial charge >= 0.3 is 12.1 Å². The number of nitrogens with zero attached hydrogens (tertiary/aromatic N) is 3. The minimum Gasteiger partial charge on any atom is -0.449 e. The Morgan fingerprint density at radius 3 is 2.42 bits per heavy atom. The molecule has 10 nitrogen and oxygen atoms in total. The van der Waals surface area contributed by atoms with Gasteiger partial charge in [0, 0.05) is 26.2 Å². The first-order valence-electron chi connectivity index (χ1n) is 11.3. The molecule has 0 spiro atoms. The molecule has 2 aliphatic heterocycles. The summed E-state index contributed by atoms with van der Waals surface area (Å²) < 4.78 is 5.24. The van der Waals surface area contributed by atoms with Crippen LogP contribution >= 0.6 is 0 Å². The highest BCUT2D eigenvalue weighted by atomic mass is 16.6. The number of aryl methyl sites for hydroxylation is 1. The number of carbonyl (C=O) groups is 4. The van der Waals surface area contributed by atoms with E-state index in [1.165, 1.54) is 0 Å². The number of benzene rings is 1. The minimum absolute atomic E-state index is 0.0205. The van der Waals surface area contributed by atoms with Crippen molar-refractivity contribution < 1.29 is 23.9 Å². The van der Waals surface area contributed by atoms with Crippen LogP contribution in [0.1, 0.15) is 32.8 Å². The summed E-state index contributed by atoms with van der Waals surface area (Å²) in [5.74, 6) is -0.666. The highest BCUT2D eigenvalue weighted by molar-refractivity contribution is 6.07. The molecule has 2 saturated heterocycles. The van der Waals surface area contributed by atoms with Gasteiger partial charge in [0.1, 0.15) is 5.54 Å². The van der Waals surface area contributed by atoms with Crippen LogP contribution in [-0.4, -0.2) is 83.6 Å². The van der Waals surface area contributed by atoms with E-state index in [0.717, 1.165) is 10.6 Å². The van der Waals surface area contributed by atoms with Crippen LogP contribution in [0.2, 0.25) is 0 Å². The van der Waals surface area contributed by atoms with E-state index < -0.39 is 23.4 Å². The number of nitrogens with one attached hydrogen (secondary N) is 2. The quantitative estimate of drug-likeness (QED) is 0.568. The van der Waals surface area contributed by atoms with Crippen molar-refractivity contribution >= 4 is 23.9 Å². The molecule has 10 heteroatoms. The number of imide groups is 1. The lowest BCUT2D eigenvalue weighted by Crippen LogP contribution is -2.54. The van der Waals surface area contributed by atoms with Gasteiger partial charge in [-0.2, -0.15) is 5.01 Å². The molecule has 1 aromatic carbocycles. The van der Waals surface area contributed by atoms with Crippen molar-refractivity contribution in [3.05, 3.63) is 35.9 Å². The fraction of sp³-hybridized carbons (Fsp3) is 0.565. The summed E-state index contributed by atoms with van der Waals surface area (Å²) in [5, 5.41) is 3.47. The Hall–Kier alpha value is -3.14. The van der Waals surface area contributed by atoms with Gasteiger partial charge < -0.3 is 15.0 Å². The molecule has 0 radical (unpaired) electrons. The van der Waals surface area contributed by atoms with Crippen molar-refractivity contribution in [3.63, 3.8) is 0 Å². The molecule has 2 aliphatic rings. The zero-order chi connectivity index (χ0) is 24.0. The van der Waals surface area contributed by atoms with Gasteiger partial charge in [0.2, 0.25) is 0 Å². The number of rotatable bonds is 8. The van der Waals surface area contributed by atoms with Gasteiger partial charge in [0.15, 0.2) is 0 Å². The van der Waals surface area contributed by atoms with Gasteiger partial charge in [-0.15, -0.1) is 0 Å². The van der Waals surface area contributed by atoms with Crippen LogP contribution in [0.25, 0.3) is 0 Å². The summed E-state index contributed by atoms with van der Waals surface area (Å²) >= 11 is 0. The highest BCUT2D eigenvalue weighted by Gasteiger charge is 2.48. The van der Waals surface area contributed by atoms with E-state index in [1.807, 2.05) is 49.1 Å². The topological polar surface area (TPSA) is 111 Å². The van der Waals surface area contributed by atoms with E-state index >= 15 is 0 Å². The Balaban J connectivity index is 1.45. The van der Waals surface area contributed by atoms with Crippen LogP contribution in [0.3, 0.4) is 0 Å². The number of carbonyl (C=O) groups excluding carboxylic acids is 4. The molecule has 33 heavy (non-hydrogen) atoms. The second kappa shape index (κ2) is 10.7. The van der Waals surface area contributed by atoms with E-state index in [9.17, 15) is 19.2 Å². The lowest BCUT2D eigenvalue weighted by Gasteiger charge is -2.33. The summed E-state index contributed by atoms with van der Waals surface area (Å²) in [6, 6.07) is 9.06. The third kappa shape index (κ3) is 6.44. The normalized spacial score (nSPS) is 21.3. The number of amides is 5. The molecule has 2 fully saturated rings. The average Bonchev–Trinajstić information content (AvgIpc) is 3.00. The van der Waals surface area contributed by atoms with Crippen molar-refractivity contribution in [3.8, 4) is 0 Å². The van der Waals surface area contributed by atoms with E-state index in [1.54, 1.807) is 11.8 Å². The second-order valence-electron chi connectivity index (χ2n) is 9.16. The van der Waals surface area contributed by atoms with Crippen molar-refractivity contribution in [1.82, 2.24) is 25.6 Å². The number of hydrazine groups is 1. The Labute approximate surface area is 194 Å². The van der Waals surface area contributed by atoms with Crippen molar-refractivity contribution in [2.75, 3.05) is 39.3 Å². The first kappa shape index (κ1) is 24.5. The summed E-state index contributed by atoms with van der Waals surface area (Å²) in [7, 11) is 0. The molecule has 180 valence electrons. The van der Waals surface area contributed by atoms with E-state index in [4.69, 9.17) is 4.74 Å². The molecule has 2 heterocycles. The Kier molecular flexibility index (Phi) is 7.91. The fourth-order valence-electron chi connectivity index (χ4n) is 3.78. The number of ether oxygens (including phenoxy) is 1. The molecule has 1 unspecified atom stereocenters. The van der Waals surface area contributed by atoms with Crippen LogP contribution in [0.4, 0.5) is 9.59 Å². The van der Waals surface area contributed by atoms with Gasteiger partial charge in [-0.25, -0.2) is 9.59 Å². The van der Waals surface area contributed by atoms with Gasteiger partial charge in [-0.05, 0) is 31.2 Å². The molecule has 1 aromatic rings. The van der Waals surface area contributed by atoms with Crippen LogP contribution in [0, 0.1) is 5.92 Å². The van der Waals surface area contributed by atoms with Crippen molar-refractivity contribution in [1.29, 1.82) is 0 Å². The summed E-state index contributed by atoms with van der Waals surface area (Å²) in [6.07, 6.45) is 0.694. The van der Waals surface area contributed by atoms with Crippen molar-refractivity contribution in [2.24, 2.45) is 5.92 Å². The first-order valence-corrected chi connectivity index (χ1v) is 11.3. The lowest BCUT2D eigenvalue weighted by atomic mass is 9.93. The zero-order valence-electron chi connectivity index (χ0n) is 19.5. The molecule has 2 N–H and O–H groups in total. The first-order chi connectivity index (χ1) is 15.7. The maximum atomic E-state index is 12.9. The predicted octanol–water partition coefficient (Wildman–Crippen LogP) is 1.37. The molecular formula is C23H33N5O5. The van der Waals surface area contributed by atoms with E-state index in [-0.39, 0.29) is 18.6 Å². The SMILES string of the molecule is CC(C)COC(=O)N1CCN(CC(=O)NN2C(=O)NC(C)(CCc3ccccc3)C2=O)CC1. The smallest absolute Gasteiger partial charge is 0.409 e. The maximum absolute atomic E-state index is 12.9. The largest absolute Gasteiger partial charge is 0.449 e. The minimum atomic E-state index is -1.08. The third-order valence-electron chi connectivity index (χ3n) is 5.79. The standard InChI is InChI=1S/C23H33N5O5/c1-17(2)16-33-22(32)27-13-11-26(12-14-27)15-19(29)25-28-20(30)23(3,24-21(28)31)10-9-18-7-5-4-6-8-18/h4-8,17H,9-16H2,1-3H3,(H,24,31)(H,25,29). The second-order valence-corrected chi connectivity index (χ2v) is 9.16. The highest BCUT2D eigenvalue weighted by Crippen LogP contribution is 2.22. The third-order valence-corrected chi connectivity index (χ3v) is 5.79. The Morgan fingerprint density at radius 1 is 1.12 bits per heavy atom. The van der Waals surface area contributed by atoms with Crippen LogP contribution in [0.15, 0.2) is 30.3 Å². The molecule has 1 atom stereocenters. The Bertz CT molecular complexity index is 869. The molecule has 0 saturated carbocycles. The molecule has 0 aliphatic carbocycles. The van der Waals surface area contributed by atoms with Gasteiger partial charge in [0.25, 0.3) is 11.8 Å². The van der Waals surface area contributed by atoms with Crippen molar-refractivity contribution in [2.45, 2.75) is 39.2 Å². The predicted molar refractivity (Wildman–Crippen MR) is 121 cm³/mol.